The molecule has 3 aromatic rings. The molecule has 29 heavy (non-hydrogen) atoms. The SMILES string of the molecule is CC(C)(C)OC(=O)c1cccc(CNC(=O)Cc2nc3c(F)cc(F)cc3s2)c1. The number of nitrogens with one attached hydrogen (secondary N) is 1. The van der Waals surface area contributed by atoms with Gasteiger partial charge in [-0.15, -0.1) is 11.3 Å². The molecular weight excluding hydrogens is 398 g/mol. The number of aromatic nitrogens is 1. The first-order valence-corrected chi connectivity index (χ1v) is 9.76. The highest BCUT2D eigenvalue weighted by Gasteiger charge is 2.18. The molecule has 0 aliphatic carbocycles. The number of hydrogen-bond acceptors (Lipinski definition) is 5. The van der Waals surface area contributed by atoms with Crippen molar-refractivity contribution in [2.45, 2.75) is 39.3 Å². The third-order valence-corrected chi connectivity index (χ3v) is 4.82. The van der Waals surface area contributed by atoms with Gasteiger partial charge in [0, 0.05) is 12.6 Å². The second-order valence-corrected chi connectivity index (χ2v) is 8.61. The Morgan fingerprint density at radius 1 is 1.17 bits per heavy atom. The van der Waals surface area contributed by atoms with Gasteiger partial charge in [-0.1, -0.05) is 12.1 Å². The Kier molecular flexibility index (Phi) is 5.93. The van der Waals surface area contributed by atoms with E-state index in [0.717, 1.165) is 23.0 Å². The summed E-state index contributed by atoms with van der Waals surface area (Å²) in [6.45, 7) is 5.58. The van der Waals surface area contributed by atoms with Crippen LogP contribution in [0.5, 0.6) is 0 Å². The molecular formula is C21H20F2N2O3S. The molecule has 1 aromatic heterocycles. The van der Waals surface area contributed by atoms with E-state index < -0.39 is 23.2 Å². The van der Waals surface area contributed by atoms with E-state index in [9.17, 15) is 18.4 Å². The molecule has 0 aliphatic heterocycles. The molecule has 2 aromatic carbocycles. The van der Waals surface area contributed by atoms with Crippen molar-refractivity contribution in [2.75, 3.05) is 0 Å². The van der Waals surface area contributed by atoms with Crippen LogP contribution in [-0.4, -0.2) is 22.5 Å². The molecule has 0 saturated carbocycles. The van der Waals surface area contributed by atoms with Gasteiger partial charge in [0.1, 0.15) is 21.9 Å². The Balaban J connectivity index is 1.62. The van der Waals surface area contributed by atoms with E-state index in [0.29, 0.717) is 15.3 Å². The summed E-state index contributed by atoms with van der Waals surface area (Å²) in [4.78, 5) is 28.4. The Bertz CT molecular complexity index is 1070. The summed E-state index contributed by atoms with van der Waals surface area (Å²) in [5.41, 5.74) is 0.597. The Morgan fingerprint density at radius 3 is 2.66 bits per heavy atom. The van der Waals surface area contributed by atoms with Crippen LogP contribution in [0.2, 0.25) is 0 Å². The summed E-state index contributed by atoms with van der Waals surface area (Å²) in [6.07, 6.45) is -0.0494. The summed E-state index contributed by atoms with van der Waals surface area (Å²) >= 11 is 1.07. The number of ether oxygens (including phenoxy) is 1. The highest BCUT2D eigenvalue weighted by Crippen LogP contribution is 2.25. The van der Waals surface area contributed by atoms with Gasteiger partial charge < -0.3 is 10.1 Å². The molecule has 5 nitrogen and oxygen atoms in total. The van der Waals surface area contributed by atoms with E-state index >= 15 is 0 Å². The number of carbonyl (C=O) groups is 2. The quantitative estimate of drug-likeness (QED) is 0.624. The number of benzene rings is 2. The first kappa shape index (κ1) is 20.9. The van der Waals surface area contributed by atoms with E-state index in [-0.39, 0.29) is 24.4 Å². The lowest BCUT2D eigenvalue weighted by Crippen LogP contribution is -2.25. The zero-order valence-electron chi connectivity index (χ0n) is 16.2. The van der Waals surface area contributed by atoms with Crippen LogP contribution in [0.4, 0.5) is 8.78 Å². The summed E-state index contributed by atoms with van der Waals surface area (Å²) in [6, 6.07) is 8.76. The van der Waals surface area contributed by atoms with E-state index in [2.05, 4.69) is 10.3 Å². The Morgan fingerprint density at radius 2 is 1.93 bits per heavy atom. The zero-order valence-corrected chi connectivity index (χ0v) is 17.0. The van der Waals surface area contributed by atoms with Crippen molar-refractivity contribution < 1.29 is 23.1 Å². The number of fused-ring (bicyclic) bond motifs is 1. The fraction of sp³-hybridized carbons (Fsp3) is 0.286. The molecule has 0 saturated heterocycles. The summed E-state index contributed by atoms with van der Waals surface area (Å²) in [5.74, 6) is -2.18. The number of carbonyl (C=O) groups excluding carboxylic acids is 2. The van der Waals surface area contributed by atoms with Crippen LogP contribution in [0.15, 0.2) is 36.4 Å². The zero-order chi connectivity index (χ0) is 21.2. The smallest absolute Gasteiger partial charge is 0.338 e. The molecule has 1 N–H and O–H groups in total. The van der Waals surface area contributed by atoms with Crippen LogP contribution in [-0.2, 0) is 22.5 Å². The number of halogens is 2. The highest BCUT2D eigenvalue weighted by molar-refractivity contribution is 7.18. The van der Waals surface area contributed by atoms with Crippen molar-refractivity contribution in [3.8, 4) is 0 Å². The van der Waals surface area contributed by atoms with Crippen LogP contribution in [0.3, 0.4) is 0 Å². The largest absolute Gasteiger partial charge is 0.456 e. The molecule has 0 radical (unpaired) electrons. The molecule has 1 amide bonds. The minimum absolute atomic E-state index is 0.0494. The van der Waals surface area contributed by atoms with Gasteiger partial charge in [-0.25, -0.2) is 18.6 Å². The van der Waals surface area contributed by atoms with Gasteiger partial charge in [-0.2, -0.15) is 0 Å². The minimum Gasteiger partial charge on any atom is -0.456 e. The first-order chi connectivity index (χ1) is 13.6. The third kappa shape index (κ3) is 5.57. The van der Waals surface area contributed by atoms with Crippen molar-refractivity contribution >= 4 is 33.4 Å². The van der Waals surface area contributed by atoms with Crippen molar-refractivity contribution in [3.05, 3.63) is 64.2 Å². The lowest BCUT2D eigenvalue weighted by atomic mass is 10.1. The first-order valence-electron chi connectivity index (χ1n) is 8.94. The topological polar surface area (TPSA) is 68.3 Å². The number of rotatable bonds is 5. The third-order valence-electron chi connectivity index (χ3n) is 3.82. The average molecular weight is 418 g/mol. The van der Waals surface area contributed by atoms with Crippen molar-refractivity contribution in [1.29, 1.82) is 0 Å². The van der Waals surface area contributed by atoms with Crippen molar-refractivity contribution in [1.82, 2.24) is 10.3 Å². The van der Waals surface area contributed by atoms with E-state index in [1.165, 1.54) is 6.07 Å². The molecule has 0 atom stereocenters. The Labute approximate surface area is 170 Å². The molecule has 1 heterocycles. The van der Waals surface area contributed by atoms with E-state index in [4.69, 9.17) is 4.74 Å². The van der Waals surface area contributed by atoms with Crippen molar-refractivity contribution in [3.63, 3.8) is 0 Å². The number of amides is 1. The van der Waals surface area contributed by atoms with Crippen LogP contribution in [0, 0.1) is 11.6 Å². The maximum atomic E-state index is 13.7. The van der Waals surface area contributed by atoms with Crippen LogP contribution in [0.1, 0.15) is 41.7 Å². The molecule has 8 heteroatoms. The standard InChI is InChI=1S/C21H20F2N2O3S/c1-21(2,3)28-20(27)13-6-4-5-12(7-13)11-24-17(26)10-18-25-19-15(23)8-14(22)9-16(19)29-18/h4-9H,10-11H2,1-3H3,(H,24,26). The maximum Gasteiger partial charge on any atom is 0.338 e. The number of nitrogens with zero attached hydrogens (tertiary/aromatic N) is 1. The fourth-order valence-corrected chi connectivity index (χ4v) is 3.63. The second kappa shape index (κ2) is 8.24. The monoisotopic (exact) mass is 418 g/mol. The number of thiazole rings is 1. The maximum absolute atomic E-state index is 13.7. The molecule has 0 spiro atoms. The van der Waals surface area contributed by atoms with E-state index in [1.54, 1.807) is 45.0 Å². The molecule has 0 unspecified atom stereocenters. The number of hydrogen-bond donors (Lipinski definition) is 1. The molecule has 0 bridgehead atoms. The van der Waals surface area contributed by atoms with Gasteiger partial charge in [0.15, 0.2) is 5.82 Å². The second-order valence-electron chi connectivity index (χ2n) is 7.50. The van der Waals surface area contributed by atoms with Gasteiger partial charge >= 0.3 is 5.97 Å². The Hall–Kier alpha value is -2.87. The normalized spacial score (nSPS) is 11.5. The van der Waals surface area contributed by atoms with Crippen LogP contribution < -0.4 is 5.32 Å². The number of esters is 1. The summed E-state index contributed by atoms with van der Waals surface area (Å²) in [5, 5.41) is 3.13. The van der Waals surface area contributed by atoms with Gasteiger partial charge in [-0.3, -0.25) is 4.79 Å². The highest BCUT2D eigenvalue weighted by atomic mass is 32.1. The predicted molar refractivity (Wildman–Crippen MR) is 107 cm³/mol. The summed E-state index contributed by atoms with van der Waals surface area (Å²) in [7, 11) is 0. The molecule has 3 rings (SSSR count). The van der Waals surface area contributed by atoms with Crippen molar-refractivity contribution in [2.24, 2.45) is 0 Å². The van der Waals surface area contributed by atoms with Crippen LogP contribution in [0.25, 0.3) is 10.2 Å². The predicted octanol–water partition coefficient (Wildman–Crippen LogP) is 4.39. The molecule has 0 aliphatic rings. The van der Waals surface area contributed by atoms with Gasteiger partial charge in [0.25, 0.3) is 0 Å². The molecule has 0 fully saturated rings. The van der Waals surface area contributed by atoms with Gasteiger partial charge in [0.2, 0.25) is 5.91 Å². The minimum atomic E-state index is -0.748. The fourth-order valence-electron chi connectivity index (χ4n) is 2.62. The molecule has 152 valence electrons. The lowest BCUT2D eigenvalue weighted by Gasteiger charge is -2.19. The van der Waals surface area contributed by atoms with Crippen LogP contribution >= 0.6 is 11.3 Å². The van der Waals surface area contributed by atoms with E-state index in [1.807, 2.05) is 0 Å². The van der Waals surface area contributed by atoms with Gasteiger partial charge in [0.05, 0.1) is 16.7 Å². The summed E-state index contributed by atoms with van der Waals surface area (Å²) < 4.78 is 32.7. The lowest BCUT2D eigenvalue weighted by molar-refractivity contribution is -0.120. The average Bonchev–Trinajstić information content (AvgIpc) is 3.01. The van der Waals surface area contributed by atoms with Gasteiger partial charge in [-0.05, 0) is 44.5 Å².